The molecule has 2 unspecified atom stereocenters. The maximum absolute atomic E-state index is 13.7. The zero-order valence-electron chi connectivity index (χ0n) is 21.8. The second-order valence-electron chi connectivity index (χ2n) is 10.1. The number of carboxylic acid groups (broad SMARTS) is 1. The molecule has 2 atom stereocenters. The minimum absolute atomic E-state index is 0.136. The average Bonchev–Trinajstić information content (AvgIpc) is 2.85. The zero-order valence-corrected chi connectivity index (χ0v) is 21.8. The molecule has 0 spiro atoms. The van der Waals surface area contributed by atoms with Gasteiger partial charge in [0, 0.05) is 5.92 Å². The van der Waals surface area contributed by atoms with E-state index in [0.717, 1.165) is 22.1 Å². The van der Waals surface area contributed by atoms with Crippen LogP contribution >= 0.6 is 0 Å². The summed E-state index contributed by atoms with van der Waals surface area (Å²) in [5, 5.41) is 9.63. The molecule has 0 aromatic heterocycles. The van der Waals surface area contributed by atoms with E-state index in [0.29, 0.717) is 12.0 Å². The van der Waals surface area contributed by atoms with Gasteiger partial charge in [0.1, 0.15) is 0 Å². The van der Waals surface area contributed by atoms with Gasteiger partial charge in [-0.05, 0) is 40.7 Å². The molecule has 0 bridgehead atoms. The fourth-order valence-corrected chi connectivity index (χ4v) is 4.16. The molecule has 6 nitrogen and oxygen atoms in total. The topological polar surface area (TPSA) is 76.1 Å². The van der Waals surface area contributed by atoms with Gasteiger partial charge in [-0.3, -0.25) is 9.69 Å². The van der Waals surface area contributed by atoms with Crippen molar-refractivity contribution in [1.82, 2.24) is 4.90 Å². The molecule has 204 valence electrons. The Morgan fingerprint density at radius 1 is 1.03 bits per heavy atom. The normalized spacial score (nSPS) is 19.7. The summed E-state index contributed by atoms with van der Waals surface area (Å²) < 4.78 is 51.3. The van der Waals surface area contributed by atoms with Crippen LogP contribution in [0.2, 0.25) is 0 Å². The lowest BCUT2D eigenvalue weighted by Crippen LogP contribution is -2.50. The van der Waals surface area contributed by atoms with Gasteiger partial charge in [0.15, 0.2) is 0 Å². The molecule has 1 aliphatic carbocycles. The van der Waals surface area contributed by atoms with E-state index in [4.69, 9.17) is 4.74 Å². The molecule has 0 fully saturated rings. The van der Waals surface area contributed by atoms with Crippen LogP contribution in [0.5, 0.6) is 0 Å². The number of carboxylic acids is 1. The van der Waals surface area contributed by atoms with Gasteiger partial charge in [-0.2, -0.15) is 0 Å². The van der Waals surface area contributed by atoms with Gasteiger partial charge in [-0.25, -0.2) is 9.53 Å². The molecule has 1 aliphatic rings. The lowest BCUT2D eigenvalue weighted by atomic mass is 9.86. The van der Waals surface area contributed by atoms with Crippen molar-refractivity contribution in [2.75, 3.05) is 6.61 Å². The van der Waals surface area contributed by atoms with Crippen molar-refractivity contribution < 1.29 is 37.3 Å². The third-order valence-corrected chi connectivity index (χ3v) is 6.07. The Morgan fingerprint density at radius 3 is 2.18 bits per heavy atom. The van der Waals surface area contributed by atoms with Crippen LogP contribution in [0, 0.1) is 0 Å². The van der Waals surface area contributed by atoms with Gasteiger partial charge in [-0.1, -0.05) is 88.4 Å². The molecule has 0 saturated carbocycles. The molecular weight excluding hydrogens is 499 g/mol. The largest absolute Gasteiger partial charge is 0.525 e. The van der Waals surface area contributed by atoms with Gasteiger partial charge in [0.2, 0.25) is 5.79 Å². The van der Waals surface area contributed by atoms with Gasteiger partial charge in [0.05, 0.1) is 18.8 Å². The molecule has 1 amide bonds. The number of allylic oxidation sites excluding steroid dienone is 2. The highest BCUT2D eigenvalue weighted by molar-refractivity contribution is 6.31. The molecule has 2 aromatic rings. The summed E-state index contributed by atoms with van der Waals surface area (Å²) in [6, 6.07) is 16.0. The number of amides is 1. The minimum Gasteiger partial charge on any atom is -0.474 e. The quantitative estimate of drug-likeness (QED) is 0.246. The molecule has 9 heteroatoms. The van der Waals surface area contributed by atoms with Crippen LogP contribution in [0.4, 0.5) is 13.2 Å². The SMILES string of the molecule is CCCOC1(OC(F)(F)F)C=CC(c2ccccc2)C=C1N(Cc1ccc(C(C)(C)C)cc1)C(=O)C(=O)O. The highest BCUT2D eigenvalue weighted by Gasteiger charge is 2.50. The Bertz CT molecular complexity index is 1180. The Balaban J connectivity index is 2.17. The lowest BCUT2D eigenvalue weighted by Gasteiger charge is -2.41. The second-order valence-corrected chi connectivity index (χ2v) is 10.1. The van der Waals surface area contributed by atoms with Crippen molar-refractivity contribution >= 4 is 11.9 Å². The summed E-state index contributed by atoms with van der Waals surface area (Å²) in [7, 11) is 0. The Kier molecular flexibility index (Phi) is 8.84. The predicted molar refractivity (Wildman–Crippen MR) is 136 cm³/mol. The van der Waals surface area contributed by atoms with Gasteiger partial charge < -0.3 is 9.84 Å². The molecular formula is C29H32F3NO5. The number of rotatable bonds is 8. The van der Waals surface area contributed by atoms with Gasteiger partial charge >= 0.3 is 18.2 Å². The van der Waals surface area contributed by atoms with Crippen LogP contribution in [-0.2, 0) is 31.0 Å². The van der Waals surface area contributed by atoms with Crippen molar-refractivity contribution in [3.05, 3.63) is 95.2 Å². The molecule has 0 aliphatic heterocycles. The fourth-order valence-electron chi connectivity index (χ4n) is 4.16. The van der Waals surface area contributed by atoms with Crippen LogP contribution in [-0.4, -0.2) is 40.6 Å². The number of ether oxygens (including phenoxy) is 2. The van der Waals surface area contributed by atoms with Crippen LogP contribution < -0.4 is 0 Å². The summed E-state index contributed by atoms with van der Waals surface area (Å²) in [5.74, 6) is -6.35. The standard InChI is InChI=1S/C29H32F3NO5/c1-5-17-37-28(38-29(30,31)32)16-15-22(21-9-7-6-8-10-21)18-24(28)33(25(34)26(35)36)19-20-11-13-23(14-12-20)27(2,3)4/h6-16,18,22H,5,17,19H2,1-4H3,(H,35,36). The van der Waals surface area contributed by atoms with Crippen molar-refractivity contribution in [2.45, 2.75) is 64.1 Å². The molecule has 2 aromatic carbocycles. The van der Waals surface area contributed by atoms with Crippen molar-refractivity contribution in [3.8, 4) is 0 Å². The summed E-state index contributed by atoms with van der Waals surface area (Å²) in [6.07, 6.45) is -0.812. The first-order valence-corrected chi connectivity index (χ1v) is 12.3. The third kappa shape index (κ3) is 7.11. The number of benzene rings is 2. The number of carbonyl (C=O) groups is 2. The predicted octanol–water partition coefficient (Wildman–Crippen LogP) is 6.29. The Labute approximate surface area is 220 Å². The molecule has 0 radical (unpaired) electrons. The zero-order chi connectivity index (χ0) is 28.1. The van der Waals surface area contributed by atoms with Crippen LogP contribution in [0.25, 0.3) is 0 Å². The maximum Gasteiger partial charge on any atom is 0.525 e. The summed E-state index contributed by atoms with van der Waals surface area (Å²) in [4.78, 5) is 25.7. The number of hydrogen-bond acceptors (Lipinski definition) is 4. The Hall–Kier alpha value is -3.43. The number of carbonyl (C=O) groups excluding carboxylic acids is 1. The summed E-state index contributed by atoms with van der Waals surface area (Å²) in [5.41, 5.74) is 1.75. The lowest BCUT2D eigenvalue weighted by molar-refractivity contribution is -0.397. The van der Waals surface area contributed by atoms with Crippen molar-refractivity contribution in [3.63, 3.8) is 0 Å². The molecule has 3 rings (SSSR count). The van der Waals surface area contributed by atoms with Crippen LogP contribution in [0.3, 0.4) is 0 Å². The van der Waals surface area contributed by atoms with Crippen molar-refractivity contribution in [2.24, 2.45) is 0 Å². The number of aliphatic carboxylic acids is 1. The first-order valence-electron chi connectivity index (χ1n) is 12.3. The van der Waals surface area contributed by atoms with E-state index in [1.807, 2.05) is 32.9 Å². The van der Waals surface area contributed by atoms with E-state index in [2.05, 4.69) is 4.74 Å². The molecule has 0 saturated heterocycles. The van der Waals surface area contributed by atoms with E-state index < -0.39 is 29.9 Å². The second kappa shape index (κ2) is 11.5. The van der Waals surface area contributed by atoms with Crippen LogP contribution in [0.15, 0.2) is 78.5 Å². The number of halogens is 3. The molecule has 38 heavy (non-hydrogen) atoms. The summed E-state index contributed by atoms with van der Waals surface area (Å²) in [6.45, 7) is 7.34. The van der Waals surface area contributed by atoms with Gasteiger partial charge in [0.25, 0.3) is 0 Å². The average molecular weight is 532 g/mol. The number of hydrogen-bond donors (Lipinski definition) is 1. The number of nitrogens with zero attached hydrogens (tertiary/aromatic N) is 1. The molecule has 0 heterocycles. The first-order chi connectivity index (χ1) is 17.8. The summed E-state index contributed by atoms with van der Waals surface area (Å²) >= 11 is 0. The minimum atomic E-state index is -5.15. The van der Waals surface area contributed by atoms with E-state index >= 15 is 0 Å². The smallest absolute Gasteiger partial charge is 0.474 e. The monoisotopic (exact) mass is 531 g/mol. The number of alkyl halides is 3. The highest BCUT2D eigenvalue weighted by Crippen LogP contribution is 2.41. The van der Waals surface area contributed by atoms with E-state index in [1.165, 1.54) is 12.2 Å². The first kappa shape index (κ1) is 29.1. The fraction of sp³-hybridized carbons (Fsp3) is 0.379. The van der Waals surface area contributed by atoms with E-state index in [-0.39, 0.29) is 24.3 Å². The Morgan fingerprint density at radius 2 is 1.66 bits per heavy atom. The van der Waals surface area contributed by atoms with Gasteiger partial charge in [-0.15, -0.1) is 13.2 Å². The van der Waals surface area contributed by atoms with E-state index in [9.17, 15) is 27.9 Å². The molecule has 1 N–H and O–H groups in total. The highest BCUT2D eigenvalue weighted by atomic mass is 19.4. The maximum atomic E-state index is 13.7. The van der Waals surface area contributed by atoms with E-state index in [1.54, 1.807) is 49.4 Å². The van der Waals surface area contributed by atoms with Crippen molar-refractivity contribution in [1.29, 1.82) is 0 Å². The van der Waals surface area contributed by atoms with Crippen LogP contribution in [0.1, 0.15) is 56.7 Å². The third-order valence-electron chi connectivity index (χ3n) is 6.07.